The number of esters is 1. The quantitative estimate of drug-likeness (QED) is 0.513. The molecule has 1 heterocycles. The van der Waals surface area contributed by atoms with Crippen LogP contribution in [0.15, 0.2) is 0 Å². The Bertz CT molecular complexity index is 193. The monoisotopic (exact) mass is 202 g/mol. The lowest BCUT2D eigenvalue weighted by atomic mass is 10.1. The normalized spacial score (nSPS) is 27.1. The van der Waals surface area contributed by atoms with E-state index in [1.165, 1.54) is 6.92 Å². The molecule has 0 unspecified atom stereocenters. The SMILES string of the molecule is CCC[C@H](C[C@H]1O[C@H]1CO)OC(C)=O. The number of hydrogen-bond donors (Lipinski definition) is 1. The molecule has 82 valence electrons. The Hall–Kier alpha value is -0.610. The van der Waals surface area contributed by atoms with Crippen molar-refractivity contribution in [1.29, 1.82) is 0 Å². The minimum atomic E-state index is -0.246. The molecule has 1 N–H and O–H groups in total. The van der Waals surface area contributed by atoms with Gasteiger partial charge in [-0.1, -0.05) is 13.3 Å². The first kappa shape index (κ1) is 11.5. The van der Waals surface area contributed by atoms with Crippen molar-refractivity contribution in [1.82, 2.24) is 0 Å². The summed E-state index contributed by atoms with van der Waals surface area (Å²) in [4.78, 5) is 10.8. The van der Waals surface area contributed by atoms with Gasteiger partial charge in [0.15, 0.2) is 0 Å². The molecule has 0 saturated carbocycles. The van der Waals surface area contributed by atoms with E-state index < -0.39 is 0 Å². The van der Waals surface area contributed by atoms with E-state index in [4.69, 9.17) is 14.6 Å². The highest BCUT2D eigenvalue weighted by atomic mass is 16.6. The summed E-state index contributed by atoms with van der Waals surface area (Å²) < 4.78 is 10.3. The van der Waals surface area contributed by atoms with Gasteiger partial charge in [0, 0.05) is 13.3 Å². The number of aliphatic hydroxyl groups is 1. The Labute approximate surface area is 84.2 Å². The molecule has 0 radical (unpaired) electrons. The third kappa shape index (κ3) is 3.64. The lowest BCUT2D eigenvalue weighted by Gasteiger charge is -2.14. The van der Waals surface area contributed by atoms with Crippen molar-refractivity contribution in [3.8, 4) is 0 Å². The van der Waals surface area contributed by atoms with E-state index in [-0.39, 0.29) is 30.9 Å². The van der Waals surface area contributed by atoms with Crippen LogP contribution in [0.3, 0.4) is 0 Å². The highest BCUT2D eigenvalue weighted by Gasteiger charge is 2.40. The fourth-order valence-electron chi connectivity index (χ4n) is 1.59. The topological polar surface area (TPSA) is 59.1 Å². The minimum absolute atomic E-state index is 0.0371. The third-order valence-corrected chi connectivity index (χ3v) is 2.31. The number of carbonyl (C=O) groups is 1. The molecule has 1 rings (SSSR count). The van der Waals surface area contributed by atoms with Crippen LogP contribution in [0, 0.1) is 0 Å². The van der Waals surface area contributed by atoms with Crippen LogP contribution in [0.25, 0.3) is 0 Å². The van der Waals surface area contributed by atoms with E-state index in [0.717, 1.165) is 12.8 Å². The summed E-state index contributed by atoms with van der Waals surface area (Å²) in [5.74, 6) is -0.246. The molecule has 1 fully saturated rings. The summed E-state index contributed by atoms with van der Waals surface area (Å²) in [5, 5.41) is 8.77. The number of hydrogen-bond acceptors (Lipinski definition) is 4. The smallest absolute Gasteiger partial charge is 0.302 e. The number of rotatable bonds is 6. The summed E-state index contributed by atoms with van der Waals surface area (Å²) >= 11 is 0. The highest BCUT2D eigenvalue weighted by molar-refractivity contribution is 5.66. The molecular weight excluding hydrogens is 184 g/mol. The Balaban J connectivity index is 2.25. The van der Waals surface area contributed by atoms with Gasteiger partial charge < -0.3 is 14.6 Å². The van der Waals surface area contributed by atoms with Gasteiger partial charge in [0.1, 0.15) is 12.2 Å². The average Bonchev–Trinajstić information content (AvgIpc) is 2.82. The van der Waals surface area contributed by atoms with Gasteiger partial charge in [0.05, 0.1) is 12.7 Å². The number of aliphatic hydroxyl groups excluding tert-OH is 1. The molecule has 1 aliphatic heterocycles. The minimum Gasteiger partial charge on any atom is -0.462 e. The van der Waals surface area contributed by atoms with Gasteiger partial charge in [-0.2, -0.15) is 0 Å². The van der Waals surface area contributed by atoms with Crippen molar-refractivity contribution in [2.75, 3.05) is 6.61 Å². The molecule has 0 amide bonds. The lowest BCUT2D eigenvalue weighted by molar-refractivity contribution is -0.147. The van der Waals surface area contributed by atoms with Crippen LogP contribution >= 0.6 is 0 Å². The van der Waals surface area contributed by atoms with Crippen molar-refractivity contribution in [3.05, 3.63) is 0 Å². The van der Waals surface area contributed by atoms with Crippen LogP contribution in [0.4, 0.5) is 0 Å². The predicted molar refractivity (Wildman–Crippen MR) is 50.8 cm³/mol. The molecule has 0 aromatic carbocycles. The van der Waals surface area contributed by atoms with Crippen LogP contribution in [-0.4, -0.2) is 36.0 Å². The van der Waals surface area contributed by atoms with Crippen molar-refractivity contribution in [2.45, 2.75) is 51.4 Å². The molecule has 0 spiro atoms. The second-order valence-electron chi connectivity index (χ2n) is 3.65. The maximum absolute atomic E-state index is 10.8. The lowest BCUT2D eigenvalue weighted by Crippen LogP contribution is -2.19. The largest absolute Gasteiger partial charge is 0.462 e. The summed E-state index contributed by atoms with van der Waals surface area (Å²) in [7, 11) is 0. The summed E-state index contributed by atoms with van der Waals surface area (Å²) in [6, 6.07) is 0. The zero-order chi connectivity index (χ0) is 10.6. The van der Waals surface area contributed by atoms with Crippen LogP contribution in [-0.2, 0) is 14.3 Å². The van der Waals surface area contributed by atoms with Crippen LogP contribution < -0.4 is 0 Å². The van der Waals surface area contributed by atoms with Crippen LogP contribution in [0.2, 0.25) is 0 Å². The van der Waals surface area contributed by atoms with Crippen molar-refractivity contribution in [3.63, 3.8) is 0 Å². The molecule has 14 heavy (non-hydrogen) atoms. The van der Waals surface area contributed by atoms with Crippen molar-refractivity contribution >= 4 is 5.97 Å². The van der Waals surface area contributed by atoms with Gasteiger partial charge in [-0.25, -0.2) is 0 Å². The Morgan fingerprint density at radius 1 is 1.57 bits per heavy atom. The standard InChI is InChI=1S/C10H18O4/c1-3-4-8(13-7(2)12)5-9-10(6-11)14-9/h8-11H,3-6H2,1-2H3/t8-,9-,10+/m1/s1. The van der Waals surface area contributed by atoms with E-state index in [2.05, 4.69) is 0 Å². The van der Waals surface area contributed by atoms with Gasteiger partial charge in [-0.15, -0.1) is 0 Å². The van der Waals surface area contributed by atoms with E-state index in [1.807, 2.05) is 6.92 Å². The maximum atomic E-state index is 10.8. The second kappa shape index (κ2) is 5.32. The third-order valence-electron chi connectivity index (χ3n) is 2.31. The molecule has 0 bridgehead atoms. The van der Waals surface area contributed by atoms with E-state index in [1.54, 1.807) is 0 Å². The van der Waals surface area contributed by atoms with Crippen LogP contribution in [0.5, 0.6) is 0 Å². The molecule has 1 aliphatic rings. The molecule has 0 aromatic rings. The van der Waals surface area contributed by atoms with Gasteiger partial charge in [0.25, 0.3) is 0 Å². The van der Waals surface area contributed by atoms with Crippen molar-refractivity contribution in [2.24, 2.45) is 0 Å². The summed E-state index contributed by atoms with van der Waals surface area (Å²) in [6.45, 7) is 3.53. The molecular formula is C10H18O4. The average molecular weight is 202 g/mol. The van der Waals surface area contributed by atoms with Gasteiger partial charge in [-0.05, 0) is 6.42 Å². The highest BCUT2D eigenvalue weighted by Crippen LogP contribution is 2.28. The zero-order valence-corrected chi connectivity index (χ0v) is 8.73. The van der Waals surface area contributed by atoms with E-state index in [9.17, 15) is 4.79 Å². The Morgan fingerprint density at radius 3 is 2.71 bits per heavy atom. The molecule has 4 nitrogen and oxygen atoms in total. The first-order chi connectivity index (χ1) is 6.67. The van der Waals surface area contributed by atoms with Gasteiger partial charge >= 0.3 is 5.97 Å². The van der Waals surface area contributed by atoms with Gasteiger partial charge in [0.2, 0.25) is 0 Å². The van der Waals surface area contributed by atoms with Crippen LogP contribution in [0.1, 0.15) is 33.1 Å². The fraction of sp³-hybridized carbons (Fsp3) is 0.900. The van der Waals surface area contributed by atoms with Crippen molar-refractivity contribution < 1.29 is 19.4 Å². The van der Waals surface area contributed by atoms with E-state index in [0.29, 0.717) is 6.42 Å². The maximum Gasteiger partial charge on any atom is 0.302 e. The first-order valence-corrected chi connectivity index (χ1v) is 5.11. The molecule has 0 aromatic heterocycles. The zero-order valence-electron chi connectivity index (χ0n) is 8.73. The molecule has 0 aliphatic carbocycles. The number of epoxide rings is 1. The number of ether oxygens (including phenoxy) is 2. The molecule has 4 heteroatoms. The fourth-order valence-corrected chi connectivity index (χ4v) is 1.59. The summed E-state index contributed by atoms with van der Waals surface area (Å²) in [6.07, 6.45) is 2.53. The second-order valence-corrected chi connectivity index (χ2v) is 3.65. The molecule has 3 atom stereocenters. The van der Waals surface area contributed by atoms with E-state index >= 15 is 0 Å². The predicted octanol–water partition coefficient (Wildman–Crippen LogP) is 0.868. The number of carbonyl (C=O) groups excluding carboxylic acids is 1. The summed E-state index contributed by atoms with van der Waals surface area (Å²) in [5.41, 5.74) is 0. The Morgan fingerprint density at radius 2 is 2.29 bits per heavy atom. The molecule has 1 saturated heterocycles. The Kier molecular flexibility index (Phi) is 4.35. The van der Waals surface area contributed by atoms with Gasteiger partial charge in [-0.3, -0.25) is 4.79 Å². The first-order valence-electron chi connectivity index (χ1n) is 5.11.